The number of aliphatic hydroxyl groups is 1. The molecule has 2 aliphatic heterocycles. The van der Waals surface area contributed by atoms with E-state index in [1.54, 1.807) is 6.07 Å². The topological polar surface area (TPSA) is 61.7 Å². The average molecular weight is 470 g/mol. The second-order valence-corrected chi connectivity index (χ2v) is 8.70. The minimum atomic E-state index is -4.40. The zero-order valence-electron chi connectivity index (χ0n) is 18.4. The molecule has 5 rings (SSSR count). The van der Waals surface area contributed by atoms with Crippen molar-refractivity contribution >= 4 is 5.82 Å². The van der Waals surface area contributed by atoms with Crippen molar-refractivity contribution in [1.29, 1.82) is 0 Å². The molecule has 2 atom stereocenters. The Labute approximate surface area is 195 Å². The Morgan fingerprint density at radius 3 is 2.47 bits per heavy atom. The first-order chi connectivity index (χ1) is 16.4. The Morgan fingerprint density at radius 1 is 0.971 bits per heavy atom. The monoisotopic (exact) mass is 470 g/mol. The molecule has 6 nitrogen and oxygen atoms in total. The highest BCUT2D eigenvalue weighted by Gasteiger charge is 2.34. The Balaban J connectivity index is 1.22. The van der Waals surface area contributed by atoms with Crippen LogP contribution in [0, 0.1) is 0 Å². The van der Waals surface area contributed by atoms with Crippen LogP contribution in [-0.4, -0.2) is 51.8 Å². The second kappa shape index (κ2) is 9.23. The summed E-state index contributed by atoms with van der Waals surface area (Å²) in [6.45, 7) is 2.92. The standard InChI is InChI=1S/C25H25F3N4O2/c26-25(27,28)19-5-7-20(8-6-19)34-24-13-23(29-16-30-24)32-12-10-21(22(33)15-32)31-11-9-17-3-1-2-4-18(17)14-31/h1-8,13,16,21-22,33H,9-12,14-15H2/t21-,22-/m0/s1. The van der Waals surface area contributed by atoms with Gasteiger partial charge in [0.15, 0.2) is 0 Å². The van der Waals surface area contributed by atoms with Gasteiger partial charge < -0.3 is 14.7 Å². The summed E-state index contributed by atoms with van der Waals surface area (Å²) >= 11 is 0. The van der Waals surface area contributed by atoms with Crippen molar-refractivity contribution in [2.24, 2.45) is 0 Å². The summed E-state index contributed by atoms with van der Waals surface area (Å²) in [5.41, 5.74) is 1.97. The number of piperidine rings is 1. The van der Waals surface area contributed by atoms with Gasteiger partial charge in [0.25, 0.3) is 0 Å². The van der Waals surface area contributed by atoms with E-state index >= 15 is 0 Å². The number of rotatable bonds is 4. The quantitative estimate of drug-likeness (QED) is 0.614. The van der Waals surface area contributed by atoms with Crippen LogP contribution in [0.2, 0.25) is 0 Å². The summed E-state index contributed by atoms with van der Waals surface area (Å²) in [6.07, 6.45) is -1.80. The SMILES string of the molecule is O[C@H]1CN(c2cc(Oc3ccc(C(F)(F)F)cc3)ncn2)CC[C@@H]1N1CCc2ccccc2C1. The van der Waals surface area contributed by atoms with Crippen LogP contribution < -0.4 is 9.64 Å². The lowest BCUT2D eigenvalue weighted by molar-refractivity contribution is -0.137. The van der Waals surface area contributed by atoms with Crippen molar-refractivity contribution in [3.05, 3.63) is 77.6 Å². The zero-order chi connectivity index (χ0) is 23.7. The molecule has 0 aliphatic carbocycles. The smallest absolute Gasteiger partial charge is 0.416 e. The number of hydrogen-bond donors (Lipinski definition) is 1. The molecule has 0 radical (unpaired) electrons. The number of hydrogen-bond acceptors (Lipinski definition) is 6. The fraction of sp³-hybridized carbons (Fsp3) is 0.360. The van der Waals surface area contributed by atoms with Crippen LogP contribution in [0.25, 0.3) is 0 Å². The summed E-state index contributed by atoms with van der Waals surface area (Å²) in [4.78, 5) is 12.7. The average Bonchev–Trinajstić information content (AvgIpc) is 2.84. The molecular weight excluding hydrogens is 445 g/mol. The molecule has 1 saturated heterocycles. The molecule has 3 heterocycles. The number of benzene rings is 2. The van der Waals surface area contributed by atoms with E-state index in [1.165, 1.54) is 29.6 Å². The Bertz CT molecular complexity index is 1140. The molecule has 1 aromatic heterocycles. The van der Waals surface area contributed by atoms with Gasteiger partial charge >= 0.3 is 6.18 Å². The van der Waals surface area contributed by atoms with Gasteiger partial charge in [-0.1, -0.05) is 24.3 Å². The first kappa shape index (κ1) is 22.6. The first-order valence-electron chi connectivity index (χ1n) is 11.3. The van der Waals surface area contributed by atoms with Gasteiger partial charge in [-0.05, 0) is 48.2 Å². The molecule has 1 N–H and O–H groups in total. The maximum absolute atomic E-state index is 12.8. The summed E-state index contributed by atoms with van der Waals surface area (Å²) < 4.78 is 43.9. The number of ether oxygens (including phenoxy) is 1. The molecule has 178 valence electrons. The van der Waals surface area contributed by atoms with E-state index < -0.39 is 17.8 Å². The van der Waals surface area contributed by atoms with Crippen molar-refractivity contribution in [3.8, 4) is 11.6 Å². The minimum Gasteiger partial charge on any atom is -0.439 e. The van der Waals surface area contributed by atoms with Gasteiger partial charge in [-0.15, -0.1) is 0 Å². The minimum absolute atomic E-state index is 0.0781. The van der Waals surface area contributed by atoms with Crippen LogP contribution in [0.5, 0.6) is 11.6 Å². The summed E-state index contributed by atoms with van der Waals surface area (Å²) in [7, 11) is 0. The summed E-state index contributed by atoms with van der Waals surface area (Å²) in [5.74, 6) is 1.09. The lowest BCUT2D eigenvalue weighted by atomic mass is 9.94. The zero-order valence-corrected chi connectivity index (χ0v) is 18.4. The molecule has 0 spiro atoms. The first-order valence-corrected chi connectivity index (χ1v) is 11.3. The van der Waals surface area contributed by atoms with Crippen LogP contribution in [0.4, 0.5) is 19.0 Å². The number of β-amino-alcohol motifs (C(OH)–C–C–N with tert-alkyl or cyclic N) is 1. The molecule has 0 saturated carbocycles. The van der Waals surface area contributed by atoms with Crippen molar-refractivity contribution in [2.45, 2.75) is 37.7 Å². The molecular formula is C25H25F3N4O2. The van der Waals surface area contributed by atoms with Crippen LogP contribution in [0.3, 0.4) is 0 Å². The molecule has 0 amide bonds. The van der Waals surface area contributed by atoms with Gasteiger partial charge in [0.1, 0.15) is 17.9 Å². The van der Waals surface area contributed by atoms with Gasteiger partial charge in [0, 0.05) is 38.3 Å². The maximum atomic E-state index is 12.8. The lowest BCUT2D eigenvalue weighted by Gasteiger charge is -2.43. The lowest BCUT2D eigenvalue weighted by Crippen LogP contribution is -2.55. The number of nitrogens with zero attached hydrogens (tertiary/aromatic N) is 4. The fourth-order valence-electron chi connectivity index (χ4n) is 4.75. The van der Waals surface area contributed by atoms with Crippen molar-refractivity contribution in [2.75, 3.05) is 24.5 Å². The molecule has 1 fully saturated rings. The third-order valence-electron chi connectivity index (χ3n) is 6.53. The number of aliphatic hydroxyl groups excluding tert-OH is 1. The number of fused-ring (bicyclic) bond motifs is 1. The number of halogens is 3. The Hall–Kier alpha value is -3.17. The fourth-order valence-corrected chi connectivity index (χ4v) is 4.75. The third kappa shape index (κ3) is 4.85. The Morgan fingerprint density at radius 2 is 1.74 bits per heavy atom. The van der Waals surface area contributed by atoms with Crippen molar-refractivity contribution < 1.29 is 23.0 Å². The van der Waals surface area contributed by atoms with Gasteiger partial charge in [-0.3, -0.25) is 4.90 Å². The van der Waals surface area contributed by atoms with Crippen LogP contribution in [-0.2, 0) is 19.1 Å². The van der Waals surface area contributed by atoms with E-state index in [4.69, 9.17) is 4.74 Å². The number of alkyl halides is 3. The third-order valence-corrected chi connectivity index (χ3v) is 6.53. The van der Waals surface area contributed by atoms with E-state index in [0.29, 0.717) is 12.4 Å². The maximum Gasteiger partial charge on any atom is 0.416 e. The predicted octanol–water partition coefficient (Wildman–Crippen LogP) is 4.29. The molecule has 0 unspecified atom stereocenters. The number of anilines is 1. The summed E-state index contributed by atoms with van der Waals surface area (Å²) in [5, 5.41) is 10.9. The summed E-state index contributed by atoms with van der Waals surface area (Å²) in [6, 6.07) is 14.6. The predicted molar refractivity (Wildman–Crippen MR) is 121 cm³/mol. The van der Waals surface area contributed by atoms with E-state index in [-0.39, 0.29) is 17.7 Å². The molecule has 0 bridgehead atoms. The van der Waals surface area contributed by atoms with Gasteiger partial charge in [-0.2, -0.15) is 13.2 Å². The van der Waals surface area contributed by atoms with E-state index in [2.05, 4.69) is 39.1 Å². The van der Waals surface area contributed by atoms with Gasteiger partial charge in [-0.25, -0.2) is 9.97 Å². The van der Waals surface area contributed by atoms with Crippen LogP contribution >= 0.6 is 0 Å². The van der Waals surface area contributed by atoms with E-state index in [1.807, 2.05) is 4.90 Å². The molecule has 2 aromatic carbocycles. The van der Waals surface area contributed by atoms with Crippen LogP contribution in [0.1, 0.15) is 23.1 Å². The van der Waals surface area contributed by atoms with Gasteiger partial charge in [0.05, 0.1) is 11.7 Å². The van der Waals surface area contributed by atoms with E-state index in [0.717, 1.165) is 44.6 Å². The van der Waals surface area contributed by atoms with Crippen molar-refractivity contribution in [3.63, 3.8) is 0 Å². The highest BCUT2D eigenvalue weighted by Crippen LogP contribution is 2.32. The normalized spacial score (nSPS) is 21.2. The molecule has 9 heteroatoms. The molecule has 3 aromatic rings. The van der Waals surface area contributed by atoms with Crippen molar-refractivity contribution in [1.82, 2.24) is 14.9 Å². The number of aromatic nitrogens is 2. The van der Waals surface area contributed by atoms with E-state index in [9.17, 15) is 18.3 Å². The highest BCUT2D eigenvalue weighted by molar-refractivity contribution is 5.43. The van der Waals surface area contributed by atoms with Gasteiger partial charge in [0.2, 0.25) is 5.88 Å². The Kier molecular flexibility index (Phi) is 6.14. The largest absolute Gasteiger partial charge is 0.439 e. The highest BCUT2D eigenvalue weighted by atomic mass is 19.4. The molecule has 34 heavy (non-hydrogen) atoms. The van der Waals surface area contributed by atoms with Crippen LogP contribution in [0.15, 0.2) is 60.9 Å². The second-order valence-electron chi connectivity index (χ2n) is 8.70. The molecule has 2 aliphatic rings.